The van der Waals surface area contributed by atoms with Gasteiger partial charge in [-0.1, -0.05) is 25.3 Å². The van der Waals surface area contributed by atoms with Gasteiger partial charge in [0.15, 0.2) is 0 Å². The first kappa shape index (κ1) is 16.2. The second kappa shape index (κ2) is 8.28. The molecule has 1 unspecified atom stereocenters. The molecule has 0 radical (unpaired) electrons. The van der Waals surface area contributed by atoms with E-state index in [0.29, 0.717) is 6.04 Å². The molecule has 1 aromatic carbocycles. The number of benzene rings is 1. The van der Waals surface area contributed by atoms with Crippen LogP contribution in [0.4, 0.5) is 5.69 Å². The lowest BCUT2D eigenvalue weighted by atomic mass is 9.84. The van der Waals surface area contributed by atoms with Crippen molar-refractivity contribution in [2.45, 2.75) is 45.1 Å². The quantitative estimate of drug-likeness (QED) is 0.821. The first-order valence-corrected chi connectivity index (χ1v) is 8.29. The van der Waals surface area contributed by atoms with E-state index in [1.807, 2.05) is 6.07 Å². The van der Waals surface area contributed by atoms with Gasteiger partial charge in [-0.05, 0) is 51.9 Å². The fraction of sp³-hybridized carbons (Fsp3) is 0.667. The monoisotopic (exact) mass is 290 g/mol. The summed E-state index contributed by atoms with van der Waals surface area (Å²) in [7, 11) is 4.13. The fourth-order valence-electron chi connectivity index (χ4n) is 3.04. The highest BCUT2D eigenvalue weighted by atomic mass is 16.5. The highest BCUT2D eigenvalue weighted by Gasteiger charge is 2.19. The minimum Gasteiger partial charge on any atom is -0.492 e. The van der Waals surface area contributed by atoms with Gasteiger partial charge in [-0.15, -0.1) is 0 Å². The molecule has 3 nitrogen and oxygen atoms in total. The summed E-state index contributed by atoms with van der Waals surface area (Å²) in [6.45, 7) is 3.99. The van der Waals surface area contributed by atoms with Crippen LogP contribution < -0.4 is 10.1 Å². The van der Waals surface area contributed by atoms with E-state index in [9.17, 15) is 0 Å². The van der Waals surface area contributed by atoms with E-state index >= 15 is 0 Å². The molecule has 21 heavy (non-hydrogen) atoms. The molecule has 3 heteroatoms. The Balaban J connectivity index is 1.84. The van der Waals surface area contributed by atoms with Crippen molar-refractivity contribution in [2.75, 3.05) is 32.6 Å². The Bertz CT molecular complexity index is 413. The number of rotatable bonds is 7. The summed E-state index contributed by atoms with van der Waals surface area (Å²) in [6, 6.07) is 8.91. The summed E-state index contributed by atoms with van der Waals surface area (Å²) < 4.78 is 5.80. The predicted octanol–water partition coefficient (Wildman–Crippen LogP) is 4.01. The van der Waals surface area contributed by atoms with Crippen molar-refractivity contribution in [3.8, 4) is 5.75 Å². The van der Waals surface area contributed by atoms with Crippen molar-refractivity contribution < 1.29 is 4.74 Å². The van der Waals surface area contributed by atoms with Crippen molar-refractivity contribution in [3.63, 3.8) is 0 Å². The highest BCUT2D eigenvalue weighted by molar-refractivity contribution is 5.48. The molecule has 0 aromatic heterocycles. The number of hydrogen-bond donors (Lipinski definition) is 1. The zero-order valence-corrected chi connectivity index (χ0v) is 13.8. The molecule has 1 aliphatic rings. The van der Waals surface area contributed by atoms with Gasteiger partial charge >= 0.3 is 0 Å². The van der Waals surface area contributed by atoms with Crippen LogP contribution in [0.15, 0.2) is 24.3 Å². The zero-order valence-electron chi connectivity index (χ0n) is 13.8. The van der Waals surface area contributed by atoms with Crippen molar-refractivity contribution >= 4 is 5.69 Å². The number of nitrogens with one attached hydrogen (secondary N) is 1. The van der Waals surface area contributed by atoms with Crippen LogP contribution in [0.1, 0.15) is 39.0 Å². The van der Waals surface area contributed by atoms with E-state index in [4.69, 9.17) is 4.74 Å². The molecule has 2 rings (SSSR count). The maximum absolute atomic E-state index is 5.80. The van der Waals surface area contributed by atoms with Crippen molar-refractivity contribution in [3.05, 3.63) is 24.3 Å². The van der Waals surface area contributed by atoms with Crippen LogP contribution in [0, 0.1) is 5.92 Å². The average Bonchev–Trinajstić information content (AvgIpc) is 2.48. The SMILES string of the molecule is CC(Nc1cccc(OCCN(C)C)c1)C1CCCCC1. The van der Waals surface area contributed by atoms with Gasteiger partial charge in [-0.25, -0.2) is 0 Å². The molecule has 1 N–H and O–H groups in total. The van der Waals surface area contributed by atoms with Gasteiger partial charge < -0.3 is 15.0 Å². The Morgan fingerprint density at radius 2 is 2.00 bits per heavy atom. The van der Waals surface area contributed by atoms with Crippen molar-refractivity contribution in [1.29, 1.82) is 0 Å². The summed E-state index contributed by atoms with van der Waals surface area (Å²) in [5.41, 5.74) is 1.18. The number of likely N-dealkylation sites (N-methyl/N-ethyl adjacent to an activating group) is 1. The molecule has 118 valence electrons. The summed E-state index contributed by atoms with van der Waals surface area (Å²) >= 11 is 0. The summed E-state index contributed by atoms with van der Waals surface area (Å²) in [5, 5.41) is 3.66. The minimum atomic E-state index is 0.544. The smallest absolute Gasteiger partial charge is 0.121 e. The van der Waals surface area contributed by atoms with Crippen LogP contribution in [0.2, 0.25) is 0 Å². The van der Waals surface area contributed by atoms with Crippen LogP contribution >= 0.6 is 0 Å². The van der Waals surface area contributed by atoms with E-state index in [1.54, 1.807) is 0 Å². The largest absolute Gasteiger partial charge is 0.492 e. The van der Waals surface area contributed by atoms with Gasteiger partial charge in [0.2, 0.25) is 0 Å². The van der Waals surface area contributed by atoms with E-state index in [2.05, 4.69) is 49.4 Å². The Hall–Kier alpha value is -1.22. The molecular formula is C18H30N2O. The van der Waals surface area contributed by atoms with Gasteiger partial charge in [0.25, 0.3) is 0 Å². The average molecular weight is 290 g/mol. The maximum atomic E-state index is 5.80. The maximum Gasteiger partial charge on any atom is 0.121 e. The molecule has 0 amide bonds. The normalized spacial score (nSPS) is 17.7. The standard InChI is InChI=1S/C18H30N2O/c1-15(16-8-5-4-6-9-16)19-17-10-7-11-18(14-17)21-13-12-20(2)3/h7,10-11,14-16,19H,4-6,8-9,12-13H2,1-3H3. The van der Waals surface area contributed by atoms with Crippen LogP contribution in [-0.4, -0.2) is 38.2 Å². The van der Waals surface area contributed by atoms with E-state index in [-0.39, 0.29) is 0 Å². The van der Waals surface area contributed by atoms with Gasteiger partial charge in [-0.3, -0.25) is 0 Å². The molecule has 1 saturated carbocycles. The Labute approximate surface area is 129 Å². The van der Waals surface area contributed by atoms with Crippen LogP contribution in [0.5, 0.6) is 5.75 Å². The zero-order chi connectivity index (χ0) is 15.1. The lowest BCUT2D eigenvalue weighted by Crippen LogP contribution is -2.27. The molecule has 1 fully saturated rings. The number of ether oxygens (including phenoxy) is 1. The second-order valence-corrected chi connectivity index (χ2v) is 6.51. The van der Waals surface area contributed by atoms with E-state index in [0.717, 1.165) is 24.8 Å². The first-order valence-electron chi connectivity index (χ1n) is 8.29. The molecule has 0 saturated heterocycles. The van der Waals surface area contributed by atoms with Crippen molar-refractivity contribution in [2.24, 2.45) is 5.92 Å². The molecule has 0 heterocycles. The second-order valence-electron chi connectivity index (χ2n) is 6.51. The van der Waals surface area contributed by atoms with Crippen molar-refractivity contribution in [1.82, 2.24) is 4.90 Å². The van der Waals surface area contributed by atoms with E-state index in [1.165, 1.54) is 37.8 Å². The Morgan fingerprint density at radius 1 is 1.24 bits per heavy atom. The molecular weight excluding hydrogens is 260 g/mol. The molecule has 1 aliphatic carbocycles. The number of anilines is 1. The molecule has 1 atom stereocenters. The van der Waals surface area contributed by atoms with Crippen LogP contribution in [0.3, 0.4) is 0 Å². The Kier molecular flexibility index (Phi) is 6.37. The number of hydrogen-bond acceptors (Lipinski definition) is 3. The molecule has 0 aliphatic heterocycles. The van der Waals surface area contributed by atoms with Gasteiger partial charge in [0.1, 0.15) is 12.4 Å². The third-order valence-corrected chi connectivity index (χ3v) is 4.39. The van der Waals surface area contributed by atoms with E-state index < -0.39 is 0 Å². The van der Waals surface area contributed by atoms with Crippen LogP contribution in [-0.2, 0) is 0 Å². The summed E-state index contributed by atoms with van der Waals surface area (Å²) in [4.78, 5) is 2.13. The third-order valence-electron chi connectivity index (χ3n) is 4.39. The highest BCUT2D eigenvalue weighted by Crippen LogP contribution is 2.28. The molecule has 0 bridgehead atoms. The lowest BCUT2D eigenvalue weighted by molar-refractivity contribution is 0.261. The molecule has 1 aromatic rings. The molecule has 0 spiro atoms. The fourth-order valence-corrected chi connectivity index (χ4v) is 3.04. The van der Waals surface area contributed by atoms with Gasteiger partial charge in [-0.2, -0.15) is 0 Å². The minimum absolute atomic E-state index is 0.544. The summed E-state index contributed by atoms with van der Waals surface area (Å²) in [5.74, 6) is 1.77. The lowest BCUT2D eigenvalue weighted by Gasteiger charge is -2.29. The van der Waals surface area contributed by atoms with Gasteiger partial charge in [0.05, 0.1) is 0 Å². The Morgan fingerprint density at radius 3 is 2.71 bits per heavy atom. The summed E-state index contributed by atoms with van der Waals surface area (Å²) in [6.07, 6.45) is 6.94. The first-order chi connectivity index (χ1) is 10.1. The van der Waals surface area contributed by atoms with Crippen LogP contribution in [0.25, 0.3) is 0 Å². The van der Waals surface area contributed by atoms with Gasteiger partial charge in [0, 0.05) is 24.3 Å². The number of nitrogens with zero attached hydrogens (tertiary/aromatic N) is 1. The third kappa shape index (κ3) is 5.58. The predicted molar refractivity (Wildman–Crippen MR) is 90.2 cm³/mol. The topological polar surface area (TPSA) is 24.5 Å².